The number of nitrogens with two attached hydrogens (primary N) is 1. The summed E-state index contributed by atoms with van der Waals surface area (Å²) in [4.78, 5) is 6.83. The molecule has 1 unspecified atom stereocenters. The Morgan fingerprint density at radius 1 is 1.47 bits per heavy atom. The van der Waals surface area contributed by atoms with Crippen LogP contribution in [0.4, 0.5) is 0 Å². The molecule has 1 rings (SSSR count). The van der Waals surface area contributed by atoms with Gasteiger partial charge in [-0.15, -0.1) is 0 Å². The number of rotatable bonds is 7. The van der Waals surface area contributed by atoms with E-state index in [9.17, 15) is 0 Å². The van der Waals surface area contributed by atoms with Crippen molar-refractivity contribution in [1.29, 1.82) is 0 Å². The molecular formula is C14H24N4O. The van der Waals surface area contributed by atoms with Gasteiger partial charge in [-0.3, -0.25) is 9.88 Å². The van der Waals surface area contributed by atoms with Gasteiger partial charge in [0.05, 0.1) is 5.69 Å². The van der Waals surface area contributed by atoms with Crippen LogP contribution in [-0.4, -0.2) is 33.5 Å². The van der Waals surface area contributed by atoms with Crippen LogP contribution in [0.5, 0.6) is 0 Å². The molecule has 0 aliphatic carbocycles. The van der Waals surface area contributed by atoms with Gasteiger partial charge in [-0.25, -0.2) is 0 Å². The summed E-state index contributed by atoms with van der Waals surface area (Å²) in [7, 11) is 0. The lowest BCUT2D eigenvalue weighted by atomic mass is 10.1. The Labute approximate surface area is 115 Å². The monoisotopic (exact) mass is 264 g/mol. The smallest absolute Gasteiger partial charge is 0.140 e. The van der Waals surface area contributed by atoms with Crippen LogP contribution in [0.1, 0.15) is 38.1 Å². The molecular weight excluding hydrogens is 240 g/mol. The lowest BCUT2D eigenvalue weighted by Crippen LogP contribution is -2.37. The molecule has 0 aromatic carbocycles. The molecule has 0 fully saturated rings. The predicted molar refractivity (Wildman–Crippen MR) is 77.2 cm³/mol. The quantitative estimate of drug-likeness (QED) is 0.342. The highest BCUT2D eigenvalue weighted by Gasteiger charge is 2.17. The van der Waals surface area contributed by atoms with E-state index in [4.69, 9.17) is 10.9 Å². The molecule has 0 radical (unpaired) electrons. The summed E-state index contributed by atoms with van der Waals surface area (Å²) in [5, 5.41) is 11.8. The van der Waals surface area contributed by atoms with E-state index >= 15 is 0 Å². The molecule has 1 heterocycles. The molecule has 1 aromatic heterocycles. The Hall–Kier alpha value is -1.62. The molecule has 106 valence electrons. The summed E-state index contributed by atoms with van der Waals surface area (Å²) in [5.74, 6) is 0.280. The van der Waals surface area contributed by atoms with Crippen molar-refractivity contribution in [3.8, 4) is 0 Å². The van der Waals surface area contributed by atoms with Crippen molar-refractivity contribution in [3.05, 3.63) is 29.6 Å². The highest BCUT2D eigenvalue weighted by molar-refractivity contribution is 5.80. The van der Waals surface area contributed by atoms with Crippen molar-refractivity contribution in [2.24, 2.45) is 10.9 Å². The maximum Gasteiger partial charge on any atom is 0.140 e. The minimum Gasteiger partial charge on any atom is -0.409 e. The van der Waals surface area contributed by atoms with Crippen molar-refractivity contribution < 1.29 is 5.21 Å². The first kappa shape index (κ1) is 15.4. The first-order valence-electron chi connectivity index (χ1n) is 6.73. The number of hydrogen-bond donors (Lipinski definition) is 2. The maximum absolute atomic E-state index is 8.69. The summed E-state index contributed by atoms with van der Waals surface area (Å²) in [6, 6.07) is 6.32. The SMILES string of the molecule is CCC(CC(N)=NO)N(CC)Cc1cccc(C)n1. The van der Waals surface area contributed by atoms with Gasteiger partial charge in [0, 0.05) is 24.7 Å². The van der Waals surface area contributed by atoms with E-state index in [0.717, 1.165) is 30.9 Å². The summed E-state index contributed by atoms with van der Waals surface area (Å²) in [6.07, 6.45) is 1.53. The Morgan fingerprint density at radius 2 is 2.21 bits per heavy atom. The molecule has 5 heteroatoms. The molecule has 3 N–H and O–H groups in total. The van der Waals surface area contributed by atoms with E-state index in [1.54, 1.807) is 0 Å². The van der Waals surface area contributed by atoms with Gasteiger partial charge in [-0.2, -0.15) is 0 Å². The van der Waals surface area contributed by atoms with Crippen LogP contribution >= 0.6 is 0 Å². The third-order valence-corrected chi connectivity index (χ3v) is 3.28. The molecule has 1 aromatic rings. The van der Waals surface area contributed by atoms with Crippen molar-refractivity contribution in [2.75, 3.05) is 6.54 Å². The highest BCUT2D eigenvalue weighted by atomic mass is 16.4. The number of nitrogens with zero attached hydrogens (tertiary/aromatic N) is 3. The lowest BCUT2D eigenvalue weighted by Gasteiger charge is -2.29. The molecule has 0 amide bonds. The minimum absolute atomic E-state index is 0.267. The third-order valence-electron chi connectivity index (χ3n) is 3.28. The van der Waals surface area contributed by atoms with E-state index in [-0.39, 0.29) is 11.9 Å². The Balaban J connectivity index is 2.75. The van der Waals surface area contributed by atoms with Gasteiger partial charge in [-0.1, -0.05) is 25.1 Å². The number of aromatic nitrogens is 1. The van der Waals surface area contributed by atoms with Crippen LogP contribution in [0.25, 0.3) is 0 Å². The zero-order valence-electron chi connectivity index (χ0n) is 12.0. The normalized spacial score (nSPS) is 13.8. The van der Waals surface area contributed by atoms with Gasteiger partial charge < -0.3 is 10.9 Å². The summed E-state index contributed by atoms with van der Waals surface area (Å²) < 4.78 is 0. The van der Waals surface area contributed by atoms with Gasteiger partial charge in [0.2, 0.25) is 0 Å². The zero-order valence-corrected chi connectivity index (χ0v) is 12.0. The second-order valence-electron chi connectivity index (χ2n) is 4.69. The summed E-state index contributed by atoms with van der Waals surface area (Å²) in [5.41, 5.74) is 7.70. The van der Waals surface area contributed by atoms with E-state index in [1.807, 2.05) is 25.1 Å². The molecule has 19 heavy (non-hydrogen) atoms. The third kappa shape index (κ3) is 4.87. The number of oxime groups is 1. The van der Waals surface area contributed by atoms with Gasteiger partial charge in [0.1, 0.15) is 5.84 Å². The second-order valence-corrected chi connectivity index (χ2v) is 4.69. The predicted octanol–water partition coefficient (Wildman–Crippen LogP) is 2.13. The highest BCUT2D eigenvalue weighted by Crippen LogP contribution is 2.13. The van der Waals surface area contributed by atoms with E-state index in [0.29, 0.717) is 6.42 Å². The first-order valence-corrected chi connectivity index (χ1v) is 6.73. The Bertz CT molecular complexity index is 420. The average molecular weight is 264 g/mol. The van der Waals surface area contributed by atoms with Crippen LogP contribution in [0.15, 0.2) is 23.4 Å². The van der Waals surface area contributed by atoms with Crippen LogP contribution in [0, 0.1) is 6.92 Å². The largest absolute Gasteiger partial charge is 0.409 e. The summed E-state index contributed by atoms with van der Waals surface area (Å²) >= 11 is 0. The van der Waals surface area contributed by atoms with Crippen LogP contribution in [0.2, 0.25) is 0 Å². The fourth-order valence-corrected chi connectivity index (χ4v) is 2.21. The Morgan fingerprint density at radius 3 is 2.74 bits per heavy atom. The molecule has 0 spiro atoms. The minimum atomic E-state index is 0.267. The van der Waals surface area contributed by atoms with Crippen LogP contribution in [-0.2, 0) is 6.54 Å². The molecule has 0 saturated carbocycles. The standard InChI is InChI=1S/C14H24N4O/c1-4-13(9-14(15)17-19)18(5-2)10-12-8-6-7-11(3)16-12/h6-8,13,19H,4-5,9-10H2,1-3H3,(H2,15,17). The average Bonchev–Trinajstić information content (AvgIpc) is 2.42. The van der Waals surface area contributed by atoms with Gasteiger partial charge >= 0.3 is 0 Å². The maximum atomic E-state index is 8.69. The van der Waals surface area contributed by atoms with Gasteiger partial charge in [0.25, 0.3) is 0 Å². The molecule has 0 aliphatic heterocycles. The molecule has 0 bridgehead atoms. The molecule has 1 atom stereocenters. The number of hydrogen-bond acceptors (Lipinski definition) is 4. The van der Waals surface area contributed by atoms with E-state index < -0.39 is 0 Å². The Kier molecular flexibility index (Phi) is 6.29. The van der Waals surface area contributed by atoms with Crippen molar-refractivity contribution in [1.82, 2.24) is 9.88 Å². The van der Waals surface area contributed by atoms with Crippen molar-refractivity contribution in [2.45, 2.75) is 46.2 Å². The van der Waals surface area contributed by atoms with E-state index in [2.05, 4.69) is 28.9 Å². The topological polar surface area (TPSA) is 74.7 Å². The van der Waals surface area contributed by atoms with E-state index in [1.165, 1.54) is 0 Å². The lowest BCUT2D eigenvalue weighted by molar-refractivity contribution is 0.192. The second kappa shape index (κ2) is 7.74. The number of aryl methyl sites for hydroxylation is 1. The number of pyridine rings is 1. The van der Waals surface area contributed by atoms with Crippen molar-refractivity contribution in [3.63, 3.8) is 0 Å². The first-order chi connectivity index (χ1) is 9.10. The van der Waals surface area contributed by atoms with Crippen LogP contribution in [0.3, 0.4) is 0 Å². The van der Waals surface area contributed by atoms with Gasteiger partial charge in [-0.05, 0) is 32.0 Å². The van der Waals surface area contributed by atoms with Crippen LogP contribution < -0.4 is 5.73 Å². The van der Waals surface area contributed by atoms with Gasteiger partial charge in [0.15, 0.2) is 0 Å². The fourth-order valence-electron chi connectivity index (χ4n) is 2.21. The van der Waals surface area contributed by atoms with Crippen molar-refractivity contribution >= 4 is 5.84 Å². The fraction of sp³-hybridized carbons (Fsp3) is 0.571. The molecule has 0 saturated heterocycles. The zero-order chi connectivity index (χ0) is 14.3. The summed E-state index contributed by atoms with van der Waals surface area (Å²) in [6.45, 7) is 7.92. The molecule has 0 aliphatic rings. The molecule has 5 nitrogen and oxygen atoms in total. The number of amidine groups is 1.